The molecule has 1 N–H and O–H groups in total. The van der Waals surface area contributed by atoms with Crippen molar-refractivity contribution in [3.63, 3.8) is 0 Å². The highest BCUT2D eigenvalue weighted by Crippen LogP contribution is 2.36. The fourth-order valence-electron chi connectivity index (χ4n) is 2.41. The molecule has 0 bridgehead atoms. The molecular formula is C14H15ClN2O4. The first-order valence-electron chi connectivity index (χ1n) is 6.68. The average Bonchev–Trinajstić information content (AvgIpc) is 2.49. The maximum atomic E-state index is 12.6. The molecule has 2 aliphatic heterocycles. The normalized spacial score (nSPS) is 24.9. The van der Waals surface area contributed by atoms with Crippen LogP contribution in [-0.2, 0) is 14.3 Å². The van der Waals surface area contributed by atoms with E-state index in [9.17, 15) is 9.59 Å². The number of nitrogens with zero attached hydrogens (tertiary/aromatic N) is 1. The molecular weight excluding hydrogens is 296 g/mol. The Hall–Kier alpha value is -1.79. The summed E-state index contributed by atoms with van der Waals surface area (Å²) in [7, 11) is 0. The third kappa shape index (κ3) is 2.45. The maximum Gasteiger partial charge on any atom is 0.278 e. The molecule has 0 saturated carbocycles. The zero-order valence-corrected chi connectivity index (χ0v) is 12.3. The lowest BCUT2D eigenvalue weighted by atomic mass is 10.0. The third-order valence-electron chi connectivity index (χ3n) is 3.64. The fraction of sp³-hybridized carbons (Fsp3) is 0.429. The molecule has 0 aliphatic carbocycles. The van der Waals surface area contributed by atoms with E-state index in [-0.39, 0.29) is 5.91 Å². The predicted octanol–water partition coefficient (Wildman–Crippen LogP) is 1.29. The lowest BCUT2D eigenvalue weighted by Crippen LogP contribution is -2.61. The van der Waals surface area contributed by atoms with Crippen LogP contribution in [0.4, 0.5) is 5.69 Å². The van der Waals surface area contributed by atoms with Gasteiger partial charge < -0.3 is 19.7 Å². The molecule has 112 valence electrons. The van der Waals surface area contributed by atoms with E-state index in [1.165, 1.54) is 6.92 Å². The number of benzene rings is 1. The highest BCUT2D eigenvalue weighted by atomic mass is 35.5. The summed E-state index contributed by atoms with van der Waals surface area (Å²) in [5, 5.41) is 3.17. The van der Waals surface area contributed by atoms with Crippen LogP contribution in [0.1, 0.15) is 6.92 Å². The first-order chi connectivity index (χ1) is 10.0. The topological polar surface area (TPSA) is 67.9 Å². The summed E-state index contributed by atoms with van der Waals surface area (Å²) in [5.41, 5.74) is -1.10. The van der Waals surface area contributed by atoms with Crippen LogP contribution in [0.25, 0.3) is 0 Å². The number of carbonyl (C=O) groups excluding carboxylic acids is 2. The Kier molecular flexibility index (Phi) is 3.51. The fourth-order valence-corrected chi connectivity index (χ4v) is 2.58. The van der Waals surface area contributed by atoms with E-state index in [0.29, 0.717) is 42.8 Å². The second-order valence-electron chi connectivity index (χ2n) is 5.13. The van der Waals surface area contributed by atoms with Crippen molar-refractivity contribution in [2.24, 2.45) is 0 Å². The molecule has 1 unspecified atom stereocenters. The summed E-state index contributed by atoms with van der Waals surface area (Å²) in [6.45, 7) is 3.33. The predicted molar refractivity (Wildman–Crippen MR) is 76.5 cm³/mol. The minimum Gasteiger partial charge on any atom is -0.466 e. The number of halogens is 1. The van der Waals surface area contributed by atoms with Crippen molar-refractivity contribution in [1.82, 2.24) is 4.90 Å². The standard InChI is InChI=1S/C14H15ClN2O4/c1-14(13(19)17-4-6-20-7-5-17)12(18)16-10-8-9(15)2-3-11(10)21-14/h2-3,8H,4-7H2,1H3,(H,16,18). The Labute approximate surface area is 127 Å². The van der Waals surface area contributed by atoms with Crippen molar-refractivity contribution < 1.29 is 19.1 Å². The average molecular weight is 311 g/mol. The minimum absolute atomic E-state index is 0.357. The van der Waals surface area contributed by atoms with Crippen molar-refractivity contribution in [2.75, 3.05) is 31.6 Å². The van der Waals surface area contributed by atoms with Crippen molar-refractivity contribution >= 4 is 29.1 Å². The monoisotopic (exact) mass is 310 g/mol. The van der Waals surface area contributed by atoms with E-state index in [0.717, 1.165) is 0 Å². The second kappa shape index (κ2) is 5.20. The molecule has 7 heteroatoms. The van der Waals surface area contributed by atoms with E-state index in [2.05, 4.69) is 5.32 Å². The van der Waals surface area contributed by atoms with E-state index in [4.69, 9.17) is 21.1 Å². The van der Waals surface area contributed by atoms with Crippen LogP contribution < -0.4 is 10.1 Å². The summed E-state index contributed by atoms with van der Waals surface area (Å²) in [6.07, 6.45) is 0. The van der Waals surface area contributed by atoms with Crippen LogP contribution in [0.5, 0.6) is 5.75 Å². The van der Waals surface area contributed by atoms with Gasteiger partial charge in [0.05, 0.1) is 18.9 Å². The van der Waals surface area contributed by atoms with Gasteiger partial charge in [0.1, 0.15) is 5.75 Å². The van der Waals surface area contributed by atoms with Gasteiger partial charge in [-0.05, 0) is 25.1 Å². The van der Waals surface area contributed by atoms with E-state index in [1.807, 2.05) is 0 Å². The van der Waals surface area contributed by atoms with Gasteiger partial charge in [-0.1, -0.05) is 11.6 Å². The number of ether oxygens (including phenoxy) is 2. The Bertz CT molecular complexity index is 601. The van der Waals surface area contributed by atoms with Crippen molar-refractivity contribution in [3.8, 4) is 5.75 Å². The third-order valence-corrected chi connectivity index (χ3v) is 3.88. The van der Waals surface area contributed by atoms with Gasteiger partial charge in [-0.2, -0.15) is 0 Å². The summed E-state index contributed by atoms with van der Waals surface area (Å²) in [4.78, 5) is 26.5. The number of carbonyl (C=O) groups is 2. The molecule has 1 aromatic carbocycles. The summed E-state index contributed by atoms with van der Waals surface area (Å²) in [6, 6.07) is 4.88. The van der Waals surface area contributed by atoms with Crippen LogP contribution in [0, 0.1) is 0 Å². The zero-order valence-electron chi connectivity index (χ0n) is 11.5. The summed E-state index contributed by atoms with van der Waals surface area (Å²) < 4.78 is 10.9. The van der Waals surface area contributed by atoms with Gasteiger partial charge in [-0.3, -0.25) is 9.59 Å². The quantitative estimate of drug-likeness (QED) is 0.794. The van der Waals surface area contributed by atoms with Crippen LogP contribution in [-0.4, -0.2) is 48.6 Å². The molecule has 2 aliphatic rings. The lowest BCUT2D eigenvalue weighted by Gasteiger charge is -2.38. The SMILES string of the molecule is CC1(C(=O)N2CCOCC2)Oc2ccc(Cl)cc2NC1=O. The molecule has 0 aromatic heterocycles. The molecule has 6 nitrogen and oxygen atoms in total. The number of hydrogen-bond acceptors (Lipinski definition) is 4. The van der Waals surface area contributed by atoms with E-state index < -0.39 is 11.5 Å². The Morgan fingerprint density at radius 2 is 2.10 bits per heavy atom. The molecule has 0 radical (unpaired) electrons. The first kappa shape index (κ1) is 14.2. The smallest absolute Gasteiger partial charge is 0.278 e. The van der Waals surface area contributed by atoms with Gasteiger partial charge in [-0.15, -0.1) is 0 Å². The second-order valence-corrected chi connectivity index (χ2v) is 5.57. The van der Waals surface area contributed by atoms with Crippen LogP contribution >= 0.6 is 11.6 Å². The molecule has 1 saturated heterocycles. The Morgan fingerprint density at radius 1 is 1.38 bits per heavy atom. The lowest BCUT2D eigenvalue weighted by molar-refractivity contribution is -0.157. The Morgan fingerprint density at radius 3 is 2.81 bits per heavy atom. The molecule has 2 heterocycles. The van der Waals surface area contributed by atoms with E-state index in [1.54, 1.807) is 23.1 Å². The molecule has 0 spiro atoms. The molecule has 3 rings (SSSR count). The van der Waals surface area contributed by atoms with Gasteiger partial charge >= 0.3 is 0 Å². The van der Waals surface area contributed by atoms with Crippen molar-refractivity contribution in [3.05, 3.63) is 23.2 Å². The van der Waals surface area contributed by atoms with Gasteiger partial charge in [0, 0.05) is 18.1 Å². The highest BCUT2D eigenvalue weighted by molar-refractivity contribution is 6.31. The number of morpholine rings is 1. The van der Waals surface area contributed by atoms with Crippen LogP contribution in [0.2, 0.25) is 5.02 Å². The summed E-state index contributed by atoms with van der Waals surface area (Å²) >= 11 is 5.88. The number of anilines is 1. The molecule has 2 amide bonds. The molecule has 1 aromatic rings. The Balaban J connectivity index is 1.88. The van der Waals surface area contributed by atoms with E-state index >= 15 is 0 Å². The zero-order chi connectivity index (χ0) is 15.0. The van der Waals surface area contributed by atoms with Gasteiger partial charge in [0.25, 0.3) is 17.4 Å². The number of amides is 2. The van der Waals surface area contributed by atoms with Crippen LogP contribution in [0.15, 0.2) is 18.2 Å². The molecule has 1 atom stereocenters. The molecule has 1 fully saturated rings. The van der Waals surface area contributed by atoms with Crippen molar-refractivity contribution in [1.29, 1.82) is 0 Å². The number of rotatable bonds is 1. The largest absolute Gasteiger partial charge is 0.466 e. The molecule has 21 heavy (non-hydrogen) atoms. The van der Waals surface area contributed by atoms with Gasteiger partial charge in [0.15, 0.2) is 0 Å². The van der Waals surface area contributed by atoms with Crippen molar-refractivity contribution in [2.45, 2.75) is 12.5 Å². The minimum atomic E-state index is -1.57. The van der Waals surface area contributed by atoms with Gasteiger partial charge in [0.2, 0.25) is 0 Å². The highest BCUT2D eigenvalue weighted by Gasteiger charge is 2.49. The number of nitrogens with one attached hydrogen (secondary N) is 1. The van der Waals surface area contributed by atoms with Gasteiger partial charge in [-0.25, -0.2) is 0 Å². The first-order valence-corrected chi connectivity index (χ1v) is 7.05. The van der Waals surface area contributed by atoms with Crippen LogP contribution in [0.3, 0.4) is 0 Å². The summed E-state index contributed by atoms with van der Waals surface area (Å²) in [5.74, 6) is -0.416. The number of hydrogen-bond donors (Lipinski definition) is 1. The maximum absolute atomic E-state index is 12.6. The number of fused-ring (bicyclic) bond motifs is 1.